The molecule has 5 rings (SSSR count). The van der Waals surface area contributed by atoms with Crippen LogP contribution in [0.25, 0.3) is 5.65 Å². The largest absolute Gasteiger partial charge is 0.369 e. The number of fused-ring (bicyclic) bond motifs is 2. The third-order valence-corrected chi connectivity index (χ3v) is 5.77. The molecule has 7 nitrogen and oxygen atoms in total. The first-order chi connectivity index (χ1) is 12.8. The summed E-state index contributed by atoms with van der Waals surface area (Å²) in [6.07, 6.45) is 5.07. The second-order valence-electron chi connectivity index (χ2n) is 7.24. The van der Waals surface area contributed by atoms with E-state index in [1.54, 1.807) is 10.7 Å². The quantitative estimate of drug-likeness (QED) is 0.759. The zero-order valence-corrected chi connectivity index (χ0v) is 14.8. The standard InChI is InChI=1S/C19H23N7/c20-19-22-17(11-18-23-21-13-26(18)19)24-9-6-16(7-10-24)25-8-5-14-3-1-2-4-15(14)12-25/h1-4,11,13,16H,5-10,12H2,(H2,20,22). The van der Waals surface area contributed by atoms with Gasteiger partial charge in [0.2, 0.25) is 5.95 Å². The molecule has 3 aromatic rings. The number of piperidine rings is 1. The minimum Gasteiger partial charge on any atom is -0.369 e. The number of benzene rings is 1. The van der Waals surface area contributed by atoms with Crippen molar-refractivity contribution in [1.82, 2.24) is 24.5 Å². The van der Waals surface area contributed by atoms with E-state index in [0.29, 0.717) is 12.0 Å². The first kappa shape index (κ1) is 15.6. The van der Waals surface area contributed by atoms with Gasteiger partial charge in [-0.2, -0.15) is 4.98 Å². The lowest BCUT2D eigenvalue weighted by Crippen LogP contribution is -2.46. The molecule has 26 heavy (non-hydrogen) atoms. The van der Waals surface area contributed by atoms with Gasteiger partial charge in [-0.3, -0.25) is 9.30 Å². The molecule has 0 bridgehead atoms. The Morgan fingerprint density at radius 3 is 2.69 bits per heavy atom. The van der Waals surface area contributed by atoms with Crippen molar-refractivity contribution in [1.29, 1.82) is 0 Å². The minimum absolute atomic E-state index is 0.442. The predicted molar refractivity (Wildman–Crippen MR) is 101 cm³/mol. The number of rotatable bonds is 2. The summed E-state index contributed by atoms with van der Waals surface area (Å²) in [6.45, 7) is 4.25. The van der Waals surface area contributed by atoms with Gasteiger partial charge in [0.05, 0.1) is 0 Å². The summed E-state index contributed by atoms with van der Waals surface area (Å²) in [5, 5.41) is 8.01. The zero-order valence-electron chi connectivity index (χ0n) is 14.8. The molecular formula is C19H23N7. The van der Waals surface area contributed by atoms with E-state index < -0.39 is 0 Å². The van der Waals surface area contributed by atoms with Crippen molar-refractivity contribution in [2.75, 3.05) is 30.3 Å². The molecule has 134 valence electrons. The van der Waals surface area contributed by atoms with Gasteiger partial charge < -0.3 is 10.6 Å². The molecule has 0 amide bonds. The van der Waals surface area contributed by atoms with Gasteiger partial charge in [0.1, 0.15) is 12.1 Å². The highest BCUT2D eigenvalue weighted by Crippen LogP contribution is 2.27. The summed E-state index contributed by atoms with van der Waals surface area (Å²) >= 11 is 0. The maximum absolute atomic E-state index is 6.03. The summed E-state index contributed by atoms with van der Waals surface area (Å²) in [4.78, 5) is 9.51. The van der Waals surface area contributed by atoms with Crippen molar-refractivity contribution in [3.05, 3.63) is 47.8 Å². The first-order valence-electron chi connectivity index (χ1n) is 9.30. The van der Waals surface area contributed by atoms with E-state index >= 15 is 0 Å². The van der Waals surface area contributed by atoms with Crippen LogP contribution in [0.15, 0.2) is 36.7 Å². The Hall–Kier alpha value is -2.67. The van der Waals surface area contributed by atoms with E-state index in [0.717, 1.165) is 50.4 Å². The van der Waals surface area contributed by atoms with Gasteiger partial charge in [-0.25, -0.2) is 0 Å². The third-order valence-electron chi connectivity index (χ3n) is 5.77. The van der Waals surface area contributed by atoms with Crippen LogP contribution >= 0.6 is 0 Å². The molecule has 2 aliphatic rings. The Labute approximate surface area is 152 Å². The van der Waals surface area contributed by atoms with E-state index in [-0.39, 0.29) is 0 Å². The first-order valence-corrected chi connectivity index (χ1v) is 9.30. The van der Waals surface area contributed by atoms with Gasteiger partial charge in [-0.05, 0) is 30.4 Å². The van der Waals surface area contributed by atoms with E-state index in [2.05, 4.69) is 49.2 Å². The lowest BCUT2D eigenvalue weighted by molar-refractivity contribution is 0.153. The Kier molecular flexibility index (Phi) is 3.74. The number of nitrogen functional groups attached to an aromatic ring is 1. The third kappa shape index (κ3) is 2.68. The molecule has 2 aliphatic heterocycles. The number of hydrogen-bond acceptors (Lipinski definition) is 6. The van der Waals surface area contributed by atoms with Crippen LogP contribution in [-0.4, -0.2) is 50.2 Å². The molecule has 2 N–H and O–H groups in total. The zero-order chi connectivity index (χ0) is 17.5. The molecule has 4 heterocycles. The lowest BCUT2D eigenvalue weighted by Gasteiger charge is -2.41. The molecule has 0 aliphatic carbocycles. The summed E-state index contributed by atoms with van der Waals surface area (Å²) in [7, 11) is 0. The molecule has 0 radical (unpaired) electrons. The van der Waals surface area contributed by atoms with Crippen molar-refractivity contribution in [3.8, 4) is 0 Å². The highest BCUT2D eigenvalue weighted by Gasteiger charge is 2.28. The SMILES string of the molecule is Nc1nc(N2CCC(N3CCc4ccccc4C3)CC2)cc2nncn12. The van der Waals surface area contributed by atoms with Gasteiger partial charge in [0.25, 0.3) is 0 Å². The molecular weight excluding hydrogens is 326 g/mol. The predicted octanol–water partition coefficient (Wildman–Crippen LogP) is 1.73. The fourth-order valence-corrected chi connectivity index (χ4v) is 4.29. The van der Waals surface area contributed by atoms with Gasteiger partial charge >= 0.3 is 0 Å². The van der Waals surface area contributed by atoms with Crippen LogP contribution in [0.5, 0.6) is 0 Å². The molecule has 0 atom stereocenters. The molecule has 0 spiro atoms. The van der Waals surface area contributed by atoms with Crippen molar-refractivity contribution in [2.45, 2.75) is 31.8 Å². The average Bonchev–Trinajstić information content (AvgIpc) is 3.17. The highest BCUT2D eigenvalue weighted by atomic mass is 15.3. The van der Waals surface area contributed by atoms with E-state index in [1.807, 2.05) is 6.07 Å². The summed E-state index contributed by atoms with van der Waals surface area (Å²) in [5.74, 6) is 1.35. The Morgan fingerprint density at radius 1 is 1.04 bits per heavy atom. The van der Waals surface area contributed by atoms with Gasteiger partial charge in [-0.15, -0.1) is 10.2 Å². The van der Waals surface area contributed by atoms with Crippen molar-refractivity contribution < 1.29 is 0 Å². The van der Waals surface area contributed by atoms with Gasteiger partial charge in [0.15, 0.2) is 5.65 Å². The van der Waals surface area contributed by atoms with E-state index in [1.165, 1.54) is 17.7 Å². The minimum atomic E-state index is 0.442. The Balaban J connectivity index is 1.27. The molecule has 2 aromatic heterocycles. The Morgan fingerprint density at radius 2 is 1.85 bits per heavy atom. The monoisotopic (exact) mass is 349 g/mol. The fourth-order valence-electron chi connectivity index (χ4n) is 4.29. The van der Waals surface area contributed by atoms with E-state index in [9.17, 15) is 0 Å². The van der Waals surface area contributed by atoms with Crippen LogP contribution in [-0.2, 0) is 13.0 Å². The molecule has 1 aromatic carbocycles. The Bertz CT molecular complexity index is 927. The lowest BCUT2D eigenvalue weighted by atomic mass is 9.95. The second-order valence-corrected chi connectivity index (χ2v) is 7.24. The summed E-state index contributed by atoms with van der Waals surface area (Å²) < 4.78 is 1.71. The van der Waals surface area contributed by atoms with Crippen LogP contribution in [0.3, 0.4) is 0 Å². The maximum atomic E-state index is 6.03. The van der Waals surface area contributed by atoms with Crippen molar-refractivity contribution in [3.63, 3.8) is 0 Å². The van der Waals surface area contributed by atoms with Crippen molar-refractivity contribution in [2.24, 2.45) is 0 Å². The number of anilines is 2. The van der Waals surface area contributed by atoms with Crippen LogP contribution in [0, 0.1) is 0 Å². The smallest absolute Gasteiger partial charge is 0.209 e. The van der Waals surface area contributed by atoms with Crippen molar-refractivity contribution >= 4 is 17.4 Å². The van der Waals surface area contributed by atoms with Crippen LogP contribution in [0.4, 0.5) is 11.8 Å². The number of nitrogens with two attached hydrogens (primary N) is 1. The van der Waals surface area contributed by atoms with Crippen LogP contribution < -0.4 is 10.6 Å². The summed E-state index contributed by atoms with van der Waals surface area (Å²) in [6, 6.07) is 11.5. The maximum Gasteiger partial charge on any atom is 0.209 e. The van der Waals surface area contributed by atoms with Gasteiger partial charge in [-0.1, -0.05) is 24.3 Å². The molecule has 1 saturated heterocycles. The van der Waals surface area contributed by atoms with Crippen LogP contribution in [0.2, 0.25) is 0 Å². The van der Waals surface area contributed by atoms with Gasteiger partial charge in [0, 0.05) is 38.3 Å². The number of aromatic nitrogens is 4. The summed E-state index contributed by atoms with van der Waals surface area (Å²) in [5.41, 5.74) is 9.80. The molecule has 1 fully saturated rings. The normalized spacial score (nSPS) is 19.0. The number of nitrogens with zero attached hydrogens (tertiary/aromatic N) is 6. The van der Waals surface area contributed by atoms with Crippen LogP contribution in [0.1, 0.15) is 24.0 Å². The highest BCUT2D eigenvalue weighted by molar-refractivity contribution is 5.55. The number of hydrogen-bond donors (Lipinski definition) is 1. The topological polar surface area (TPSA) is 75.6 Å². The molecule has 0 unspecified atom stereocenters. The second kappa shape index (κ2) is 6.25. The van der Waals surface area contributed by atoms with E-state index in [4.69, 9.17) is 5.73 Å². The fraction of sp³-hybridized carbons (Fsp3) is 0.421. The molecule has 0 saturated carbocycles. The molecule has 7 heteroatoms. The average molecular weight is 349 g/mol.